The molecular weight excluding hydrogens is 318 g/mol. The fourth-order valence-electron chi connectivity index (χ4n) is 3.88. The van der Waals surface area contributed by atoms with Crippen molar-refractivity contribution < 1.29 is 9.53 Å². The number of hydrogen-bond acceptors (Lipinski definition) is 6. The number of anilines is 1. The van der Waals surface area contributed by atoms with Crippen LogP contribution in [0.5, 0.6) is 0 Å². The van der Waals surface area contributed by atoms with Crippen LogP contribution in [0, 0.1) is 18.8 Å². The van der Waals surface area contributed by atoms with Gasteiger partial charge in [-0.3, -0.25) is 4.79 Å². The van der Waals surface area contributed by atoms with Gasteiger partial charge in [-0.05, 0) is 38.5 Å². The highest BCUT2D eigenvalue weighted by molar-refractivity contribution is 5.70. The van der Waals surface area contributed by atoms with E-state index in [0.717, 1.165) is 30.2 Å². The second kappa shape index (κ2) is 7.37. The molecule has 25 heavy (non-hydrogen) atoms. The molecule has 1 fully saturated rings. The van der Waals surface area contributed by atoms with Gasteiger partial charge < -0.3 is 9.64 Å². The third kappa shape index (κ3) is 3.75. The van der Waals surface area contributed by atoms with E-state index < -0.39 is 0 Å². The van der Waals surface area contributed by atoms with Crippen LogP contribution in [-0.4, -0.2) is 45.2 Å². The topological polar surface area (TPSA) is 72.6 Å². The third-order valence-electron chi connectivity index (χ3n) is 4.76. The monoisotopic (exact) mass is 345 g/mol. The number of rotatable bonds is 5. The fraction of sp³-hybridized carbons (Fsp3) is 0.667. The predicted molar refractivity (Wildman–Crippen MR) is 95.6 cm³/mol. The highest BCUT2D eigenvalue weighted by Crippen LogP contribution is 2.30. The number of piperidine rings is 1. The van der Waals surface area contributed by atoms with Crippen molar-refractivity contribution in [3.63, 3.8) is 0 Å². The molecular formula is C18H27N5O2. The van der Waals surface area contributed by atoms with Gasteiger partial charge in [-0.15, -0.1) is 0 Å². The Morgan fingerprint density at radius 3 is 2.72 bits per heavy atom. The van der Waals surface area contributed by atoms with Crippen LogP contribution in [0.15, 0.2) is 6.33 Å². The average Bonchev–Trinajstić information content (AvgIpc) is 2.99. The van der Waals surface area contributed by atoms with Crippen LogP contribution in [0.2, 0.25) is 0 Å². The molecule has 0 unspecified atom stereocenters. The molecule has 7 heteroatoms. The van der Waals surface area contributed by atoms with E-state index in [0.29, 0.717) is 37.1 Å². The number of hydrogen-bond donors (Lipinski definition) is 0. The van der Waals surface area contributed by atoms with E-state index >= 15 is 0 Å². The van der Waals surface area contributed by atoms with Gasteiger partial charge in [-0.25, -0.2) is 4.98 Å². The van der Waals surface area contributed by atoms with Crippen molar-refractivity contribution in [2.24, 2.45) is 11.8 Å². The van der Waals surface area contributed by atoms with Crippen molar-refractivity contribution >= 4 is 17.6 Å². The van der Waals surface area contributed by atoms with Gasteiger partial charge in [-0.1, -0.05) is 13.8 Å². The van der Waals surface area contributed by atoms with E-state index in [4.69, 9.17) is 4.74 Å². The van der Waals surface area contributed by atoms with E-state index in [-0.39, 0.29) is 5.97 Å². The lowest BCUT2D eigenvalue weighted by molar-refractivity contribution is -0.143. The lowest BCUT2D eigenvalue weighted by Gasteiger charge is -2.37. The predicted octanol–water partition coefficient (Wildman–Crippen LogP) is 2.41. The summed E-state index contributed by atoms with van der Waals surface area (Å²) in [5, 5.41) is 4.39. The average molecular weight is 345 g/mol. The first-order valence-corrected chi connectivity index (χ1v) is 9.09. The van der Waals surface area contributed by atoms with Crippen molar-refractivity contribution in [3.05, 3.63) is 17.6 Å². The number of aryl methyl sites for hydroxylation is 1. The molecule has 2 aromatic heterocycles. The van der Waals surface area contributed by atoms with Crippen LogP contribution < -0.4 is 4.90 Å². The summed E-state index contributed by atoms with van der Waals surface area (Å²) in [6, 6.07) is 0. The van der Waals surface area contributed by atoms with Gasteiger partial charge in [0.05, 0.1) is 6.61 Å². The summed E-state index contributed by atoms with van der Waals surface area (Å²) in [4.78, 5) is 23.1. The van der Waals surface area contributed by atoms with E-state index in [9.17, 15) is 4.79 Å². The summed E-state index contributed by atoms with van der Waals surface area (Å²) in [5.41, 5.74) is 1.97. The normalized spacial score (nSPS) is 20.9. The number of carbonyl (C=O) groups is 1. The van der Waals surface area contributed by atoms with E-state index in [1.165, 1.54) is 12.7 Å². The minimum atomic E-state index is -0.174. The van der Waals surface area contributed by atoms with Crippen molar-refractivity contribution in [1.82, 2.24) is 19.6 Å². The molecule has 0 saturated carbocycles. The van der Waals surface area contributed by atoms with Crippen molar-refractivity contribution in [1.29, 1.82) is 0 Å². The lowest BCUT2D eigenvalue weighted by atomic mass is 9.91. The van der Waals surface area contributed by atoms with Crippen LogP contribution in [0.1, 0.15) is 44.9 Å². The van der Waals surface area contributed by atoms with E-state index in [2.05, 4.69) is 33.8 Å². The van der Waals surface area contributed by atoms with E-state index in [1.54, 1.807) is 0 Å². The Bertz CT molecular complexity index is 747. The van der Waals surface area contributed by atoms with Crippen LogP contribution in [0.3, 0.4) is 0 Å². The van der Waals surface area contributed by atoms with Gasteiger partial charge >= 0.3 is 5.97 Å². The number of carbonyl (C=O) groups excluding carboxylic acids is 1. The van der Waals surface area contributed by atoms with Gasteiger partial charge in [0.1, 0.15) is 12.1 Å². The van der Waals surface area contributed by atoms with Crippen molar-refractivity contribution in [2.75, 3.05) is 24.6 Å². The maximum atomic E-state index is 11.8. The summed E-state index contributed by atoms with van der Waals surface area (Å²) in [5.74, 6) is 2.70. The van der Waals surface area contributed by atoms with Crippen molar-refractivity contribution in [3.8, 4) is 0 Å². The van der Waals surface area contributed by atoms with Gasteiger partial charge in [0.25, 0.3) is 5.78 Å². The second-order valence-electron chi connectivity index (χ2n) is 7.13. The molecule has 2 aromatic rings. The van der Waals surface area contributed by atoms with Crippen LogP contribution in [0.25, 0.3) is 5.78 Å². The Labute approximate surface area is 148 Å². The van der Waals surface area contributed by atoms with Gasteiger partial charge in [0.2, 0.25) is 0 Å². The highest BCUT2D eigenvalue weighted by atomic mass is 16.5. The summed E-state index contributed by atoms with van der Waals surface area (Å²) >= 11 is 0. The second-order valence-corrected chi connectivity index (χ2v) is 7.13. The molecule has 1 aliphatic heterocycles. The van der Waals surface area contributed by atoms with Gasteiger partial charge in [0, 0.05) is 30.8 Å². The van der Waals surface area contributed by atoms with Crippen LogP contribution in [0.4, 0.5) is 5.82 Å². The molecule has 3 rings (SSSR count). The molecule has 136 valence electrons. The first kappa shape index (κ1) is 17.6. The molecule has 7 nitrogen and oxygen atoms in total. The fourth-order valence-corrected chi connectivity index (χ4v) is 3.88. The molecule has 2 atom stereocenters. The molecule has 0 aromatic carbocycles. The van der Waals surface area contributed by atoms with Crippen molar-refractivity contribution in [2.45, 2.75) is 47.0 Å². The Morgan fingerprint density at radius 1 is 1.32 bits per heavy atom. The molecule has 0 bridgehead atoms. The number of ether oxygens (including phenoxy) is 1. The molecule has 1 saturated heterocycles. The zero-order chi connectivity index (χ0) is 18.0. The maximum absolute atomic E-state index is 11.8. The maximum Gasteiger partial charge on any atom is 0.306 e. The Kier molecular flexibility index (Phi) is 5.20. The summed E-state index contributed by atoms with van der Waals surface area (Å²) in [6.45, 7) is 10.8. The summed E-state index contributed by atoms with van der Waals surface area (Å²) < 4.78 is 6.91. The molecule has 0 aliphatic carbocycles. The van der Waals surface area contributed by atoms with Crippen LogP contribution in [-0.2, 0) is 16.0 Å². The lowest BCUT2D eigenvalue weighted by Crippen LogP contribution is -2.40. The Morgan fingerprint density at radius 2 is 2.04 bits per heavy atom. The molecule has 3 heterocycles. The Balaban J connectivity index is 1.99. The highest BCUT2D eigenvalue weighted by Gasteiger charge is 2.27. The van der Waals surface area contributed by atoms with Crippen LogP contribution >= 0.6 is 0 Å². The zero-order valence-electron chi connectivity index (χ0n) is 15.5. The van der Waals surface area contributed by atoms with Gasteiger partial charge in [-0.2, -0.15) is 14.6 Å². The first-order valence-electron chi connectivity index (χ1n) is 9.09. The molecule has 0 radical (unpaired) electrons. The van der Waals surface area contributed by atoms with Gasteiger partial charge in [0.15, 0.2) is 0 Å². The third-order valence-corrected chi connectivity index (χ3v) is 4.76. The smallest absolute Gasteiger partial charge is 0.306 e. The SMILES string of the molecule is CCOC(=O)CCc1c(C)nc2ncnn2c1N1C[C@H](C)C[C@H](C)C1. The minimum absolute atomic E-state index is 0.174. The quantitative estimate of drug-likeness (QED) is 0.775. The molecule has 0 spiro atoms. The standard InChI is InChI=1S/C18H27N5O2/c1-5-25-16(24)7-6-15-14(4)21-18-19-11-20-23(18)17(15)22-9-12(2)8-13(3)10-22/h11-13H,5-10H2,1-4H3/t12-,13+. The minimum Gasteiger partial charge on any atom is -0.466 e. The molecule has 0 N–H and O–H groups in total. The number of nitrogens with zero attached hydrogens (tertiary/aromatic N) is 5. The molecule has 0 amide bonds. The molecule has 1 aliphatic rings. The summed E-state index contributed by atoms with van der Waals surface area (Å²) in [6.07, 6.45) is 3.72. The number of aromatic nitrogens is 4. The largest absolute Gasteiger partial charge is 0.466 e. The number of esters is 1. The Hall–Kier alpha value is -2.18. The first-order chi connectivity index (χ1) is 12.0. The zero-order valence-corrected chi connectivity index (χ0v) is 15.5. The number of fused-ring (bicyclic) bond motifs is 1. The summed E-state index contributed by atoms with van der Waals surface area (Å²) in [7, 11) is 0. The van der Waals surface area contributed by atoms with E-state index in [1.807, 2.05) is 18.4 Å².